The van der Waals surface area contributed by atoms with E-state index in [1.807, 2.05) is 6.33 Å². The molecule has 1 aromatic rings. The Hall–Kier alpha value is -0.860. The fraction of sp³-hybridized carbons (Fsp3) is 0.800. The van der Waals surface area contributed by atoms with Gasteiger partial charge < -0.3 is 4.57 Å². The third-order valence-electron chi connectivity index (χ3n) is 2.51. The zero-order chi connectivity index (χ0) is 9.84. The zero-order valence-corrected chi connectivity index (χ0v) is 8.99. The van der Waals surface area contributed by atoms with E-state index in [4.69, 9.17) is 0 Å². The Balaban J connectivity index is 2.91. The van der Waals surface area contributed by atoms with Gasteiger partial charge in [0.2, 0.25) is 0 Å². The standard InChI is InChI=1S/C10H19N3/c1-5-9(6-2)10-12-11-7-13(10)8(3)4/h7-9H,5-6H2,1-4H3. The van der Waals surface area contributed by atoms with Crippen molar-refractivity contribution in [2.24, 2.45) is 0 Å². The summed E-state index contributed by atoms with van der Waals surface area (Å²) in [6.45, 7) is 8.73. The molecule has 0 atom stereocenters. The molecule has 0 spiro atoms. The lowest BCUT2D eigenvalue weighted by molar-refractivity contribution is 0.507. The van der Waals surface area contributed by atoms with Gasteiger partial charge in [-0.05, 0) is 26.7 Å². The van der Waals surface area contributed by atoms with Gasteiger partial charge in [-0.1, -0.05) is 13.8 Å². The number of aromatic nitrogens is 3. The zero-order valence-electron chi connectivity index (χ0n) is 8.99. The number of rotatable bonds is 4. The first-order valence-corrected chi connectivity index (χ1v) is 5.10. The largest absolute Gasteiger partial charge is 0.315 e. The van der Waals surface area contributed by atoms with Gasteiger partial charge >= 0.3 is 0 Å². The van der Waals surface area contributed by atoms with Gasteiger partial charge in [0.05, 0.1) is 0 Å². The predicted octanol–water partition coefficient (Wildman–Crippen LogP) is 2.76. The van der Waals surface area contributed by atoms with Gasteiger partial charge in [0.25, 0.3) is 0 Å². The summed E-state index contributed by atoms with van der Waals surface area (Å²) in [5, 5.41) is 8.17. The van der Waals surface area contributed by atoms with Crippen LogP contribution in [0.3, 0.4) is 0 Å². The predicted molar refractivity (Wildman–Crippen MR) is 53.7 cm³/mol. The molecule has 0 saturated carbocycles. The Morgan fingerprint density at radius 1 is 1.31 bits per heavy atom. The normalized spacial score (nSPS) is 11.5. The molecule has 1 heterocycles. The SMILES string of the molecule is CCC(CC)c1nncn1C(C)C. The third kappa shape index (κ3) is 2.08. The molecule has 0 aromatic carbocycles. The van der Waals surface area contributed by atoms with Crippen LogP contribution in [0.25, 0.3) is 0 Å². The highest BCUT2D eigenvalue weighted by Gasteiger charge is 2.15. The molecule has 3 nitrogen and oxygen atoms in total. The molecule has 0 aliphatic carbocycles. The van der Waals surface area contributed by atoms with Crippen LogP contribution >= 0.6 is 0 Å². The van der Waals surface area contributed by atoms with Crippen LogP contribution in [0, 0.1) is 0 Å². The number of hydrogen-bond acceptors (Lipinski definition) is 2. The van der Waals surface area contributed by atoms with Crippen molar-refractivity contribution < 1.29 is 0 Å². The number of nitrogens with zero attached hydrogens (tertiary/aromatic N) is 3. The van der Waals surface area contributed by atoms with Crippen molar-refractivity contribution in [1.29, 1.82) is 0 Å². The summed E-state index contributed by atoms with van der Waals surface area (Å²) >= 11 is 0. The van der Waals surface area contributed by atoms with E-state index in [0.29, 0.717) is 12.0 Å². The molecule has 0 N–H and O–H groups in total. The molecule has 0 bridgehead atoms. The van der Waals surface area contributed by atoms with Crippen LogP contribution in [0.4, 0.5) is 0 Å². The molecule has 0 saturated heterocycles. The monoisotopic (exact) mass is 181 g/mol. The highest BCUT2D eigenvalue weighted by atomic mass is 15.3. The maximum absolute atomic E-state index is 4.19. The van der Waals surface area contributed by atoms with Crippen molar-refractivity contribution in [3.63, 3.8) is 0 Å². The van der Waals surface area contributed by atoms with Gasteiger partial charge in [0, 0.05) is 12.0 Å². The van der Waals surface area contributed by atoms with Gasteiger partial charge in [-0.15, -0.1) is 10.2 Å². The van der Waals surface area contributed by atoms with Crippen molar-refractivity contribution in [2.45, 2.75) is 52.5 Å². The molecule has 0 aliphatic heterocycles. The lowest BCUT2D eigenvalue weighted by Crippen LogP contribution is -2.09. The van der Waals surface area contributed by atoms with Crippen molar-refractivity contribution in [3.05, 3.63) is 12.2 Å². The topological polar surface area (TPSA) is 30.7 Å². The van der Waals surface area contributed by atoms with E-state index in [0.717, 1.165) is 18.7 Å². The Labute approximate surface area is 80.2 Å². The van der Waals surface area contributed by atoms with Crippen LogP contribution in [0.1, 0.15) is 58.3 Å². The molecular weight excluding hydrogens is 162 g/mol. The van der Waals surface area contributed by atoms with Gasteiger partial charge in [-0.3, -0.25) is 0 Å². The van der Waals surface area contributed by atoms with E-state index in [9.17, 15) is 0 Å². The Morgan fingerprint density at radius 3 is 2.38 bits per heavy atom. The molecule has 0 unspecified atom stereocenters. The molecule has 0 radical (unpaired) electrons. The van der Waals surface area contributed by atoms with Gasteiger partial charge in [-0.2, -0.15) is 0 Å². The lowest BCUT2D eigenvalue weighted by atomic mass is 10.0. The molecule has 1 rings (SSSR count). The second-order valence-electron chi connectivity index (χ2n) is 3.70. The molecule has 1 aromatic heterocycles. The van der Waals surface area contributed by atoms with Crippen LogP contribution < -0.4 is 0 Å². The third-order valence-corrected chi connectivity index (χ3v) is 2.51. The van der Waals surface area contributed by atoms with Gasteiger partial charge in [0.15, 0.2) is 0 Å². The second kappa shape index (κ2) is 4.40. The first-order chi connectivity index (χ1) is 6.20. The Morgan fingerprint density at radius 2 is 1.92 bits per heavy atom. The molecule has 3 heteroatoms. The van der Waals surface area contributed by atoms with Crippen molar-refractivity contribution in [1.82, 2.24) is 14.8 Å². The molecule has 0 aliphatic rings. The van der Waals surface area contributed by atoms with E-state index < -0.39 is 0 Å². The average Bonchev–Trinajstić information content (AvgIpc) is 2.55. The van der Waals surface area contributed by atoms with Crippen molar-refractivity contribution in [3.8, 4) is 0 Å². The molecule has 0 fully saturated rings. The van der Waals surface area contributed by atoms with Crippen LogP contribution in [0.2, 0.25) is 0 Å². The quantitative estimate of drug-likeness (QED) is 0.715. The van der Waals surface area contributed by atoms with E-state index in [-0.39, 0.29) is 0 Å². The van der Waals surface area contributed by atoms with Gasteiger partial charge in [-0.25, -0.2) is 0 Å². The average molecular weight is 181 g/mol. The van der Waals surface area contributed by atoms with Crippen molar-refractivity contribution >= 4 is 0 Å². The summed E-state index contributed by atoms with van der Waals surface area (Å²) in [4.78, 5) is 0. The fourth-order valence-corrected chi connectivity index (χ4v) is 1.60. The lowest BCUT2D eigenvalue weighted by Gasteiger charge is -2.15. The summed E-state index contributed by atoms with van der Waals surface area (Å²) in [5.74, 6) is 1.70. The Bertz CT molecular complexity index is 248. The molecular formula is C10H19N3. The summed E-state index contributed by atoms with van der Waals surface area (Å²) in [7, 11) is 0. The van der Waals surface area contributed by atoms with Crippen LogP contribution in [0.15, 0.2) is 6.33 Å². The van der Waals surface area contributed by atoms with Gasteiger partial charge in [0.1, 0.15) is 12.2 Å². The van der Waals surface area contributed by atoms with Crippen molar-refractivity contribution in [2.75, 3.05) is 0 Å². The summed E-state index contributed by atoms with van der Waals surface area (Å²) in [6.07, 6.45) is 4.11. The highest BCUT2D eigenvalue weighted by molar-refractivity contribution is 4.96. The smallest absolute Gasteiger partial charge is 0.136 e. The fourth-order valence-electron chi connectivity index (χ4n) is 1.60. The Kier molecular flexibility index (Phi) is 3.46. The summed E-state index contributed by atoms with van der Waals surface area (Å²) < 4.78 is 2.16. The molecule has 0 amide bonds. The number of hydrogen-bond donors (Lipinski definition) is 0. The van der Waals surface area contributed by atoms with E-state index in [1.54, 1.807) is 0 Å². The van der Waals surface area contributed by atoms with E-state index in [1.165, 1.54) is 0 Å². The maximum Gasteiger partial charge on any atom is 0.136 e. The molecule has 74 valence electrons. The minimum Gasteiger partial charge on any atom is -0.315 e. The minimum atomic E-state index is 0.464. The first kappa shape index (κ1) is 10.2. The molecule has 13 heavy (non-hydrogen) atoms. The highest BCUT2D eigenvalue weighted by Crippen LogP contribution is 2.22. The second-order valence-corrected chi connectivity index (χ2v) is 3.70. The minimum absolute atomic E-state index is 0.464. The first-order valence-electron chi connectivity index (χ1n) is 5.10. The van der Waals surface area contributed by atoms with Crippen LogP contribution in [-0.4, -0.2) is 14.8 Å². The van der Waals surface area contributed by atoms with Crippen LogP contribution in [-0.2, 0) is 0 Å². The van der Waals surface area contributed by atoms with Crippen LogP contribution in [0.5, 0.6) is 0 Å². The van der Waals surface area contributed by atoms with E-state index in [2.05, 4.69) is 42.5 Å². The van der Waals surface area contributed by atoms with E-state index >= 15 is 0 Å². The summed E-state index contributed by atoms with van der Waals surface area (Å²) in [6, 6.07) is 0.464. The summed E-state index contributed by atoms with van der Waals surface area (Å²) in [5.41, 5.74) is 0. The maximum atomic E-state index is 4.19.